The molecule has 60 valence electrons. The lowest BCUT2D eigenvalue weighted by Crippen LogP contribution is -2.11. The van der Waals surface area contributed by atoms with Crippen LogP contribution in [0.25, 0.3) is 0 Å². The Bertz CT molecular complexity index is 257. The Morgan fingerprint density at radius 2 is 2.45 bits per heavy atom. The van der Waals surface area contributed by atoms with Gasteiger partial charge in [0.15, 0.2) is 0 Å². The van der Waals surface area contributed by atoms with Gasteiger partial charge in [-0.1, -0.05) is 0 Å². The number of halogens is 1. The van der Waals surface area contributed by atoms with Crippen LogP contribution in [0.15, 0.2) is 6.20 Å². The number of aromatic nitrogens is 1. The number of thiazole rings is 1. The second-order valence-corrected chi connectivity index (χ2v) is 5.82. The molecule has 1 aliphatic rings. The summed E-state index contributed by atoms with van der Waals surface area (Å²) in [5.74, 6) is 0.719. The molecule has 1 aromatic heterocycles. The minimum Gasteiger partial charge on any atom is -0.322 e. The number of nitrogens with two attached hydrogens (primary N) is 1. The average molecular weight is 280 g/mol. The Kier molecular flexibility index (Phi) is 2.16. The lowest BCUT2D eigenvalue weighted by molar-refractivity contribution is 0.629. The van der Waals surface area contributed by atoms with Gasteiger partial charge in [0.25, 0.3) is 0 Å². The van der Waals surface area contributed by atoms with E-state index in [1.165, 1.54) is 15.7 Å². The minimum atomic E-state index is 0.212. The number of hydrogen-bond acceptors (Lipinski definition) is 3. The van der Waals surface area contributed by atoms with Crippen LogP contribution in [-0.4, -0.2) is 4.98 Å². The molecular formula is C7H9IN2S. The van der Waals surface area contributed by atoms with Gasteiger partial charge in [0.1, 0.15) is 5.01 Å². The Morgan fingerprint density at radius 1 is 1.73 bits per heavy atom. The molecule has 1 unspecified atom stereocenters. The summed E-state index contributed by atoms with van der Waals surface area (Å²) in [7, 11) is 0. The summed E-state index contributed by atoms with van der Waals surface area (Å²) in [4.78, 5) is 4.26. The maximum absolute atomic E-state index is 5.96. The Labute approximate surface area is 83.3 Å². The zero-order valence-electron chi connectivity index (χ0n) is 5.96. The first-order valence-electron chi connectivity index (χ1n) is 3.64. The van der Waals surface area contributed by atoms with Crippen molar-refractivity contribution in [3.63, 3.8) is 0 Å². The maximum Gasteiger partial charge on any atom is 0.111 e. The van der Waals surface area contributed by atoms with E-state index in [2.05, 4.69) is 27.6 Å². The van der Waals surface area contributed by atoms with Crippen molar-refractivity contribution in [2.24, 2.45) is 11.7 Å². The van der Waals surface area contributed by atoms with Gasteiger partial charge in [-0.3, -0.25) is 0 Å². The highest BCUT2D eigenvalue weighted by Crippen LogP contribution is 2.40. The Morgan fingerprint density at radius 3 is 2.91 bits per heavy atom. The molecule has 2 nitrogen and oxygen atoms in total. The van der Waals surface area contributed by atoms with Crippen LogP contribution < -0.4 is 5.73 Å². The summed E-state index contributed by atoms with van der Waals surface area (Å²) in [6.45, 7) is 0. The molecule has 0 bridgehead atoms. The summed E-state index contributed by atoms with van der Waals surface area (Å²) < 4.78 is 1.23. The normalized spacial score (nSPS) is 20.2. The van der Waals surface area contributed by atoms with Crippen LogP contribution >= 0.6 is 33.9 Å². The molecule has 1 atom stereocenters. The first-order valence-corrected chi connectivity index (χ1v) is 5.53. The van der Waals surface area contributed by atoms with Crippen LogP contribution in [0.3, 0.4) is 0 Å². The van der Waals surface area contributed by atoms with Gasteiger partial charge < -0.3 is 5.73 Å². The zero-order chi connectivity index (χ0) is 7.84. The molecule has 2 N–H and O–H groups in total. The van der Waals surface area contributed by atoms with E-state index < -0.39 is 0 Å². The molecule has 2 rings (SSSR count). The molecule has 0 spiro atoms. The van der Waals surface area contributed by atoms with Crippen molar-refractivity contribution in [3.8, 4) is 0 Å². The molecule has 0 amide bonds. The average Bonchev–Trinajstić information content (AvgIpc) is 2.74. The number of hydrogen-bond donors (Lipinski definition) is 1. The molecule has 11 heavy (non-hydrogen) atoms. The summed E-state index contributed by atoms with van der Waals surface area (Å²) in [6.07, 6.45) is 4.47. The SMILES string of the molecule is NC(c1ncc(I)s1)C1CC1. The molecule has 0 aliphatic heterocycles. The third-order valence-electron chi connectivity index (χ3n) is 1.91. The molecule has 1 fully saturated rings. The highest BCUT2D eigenvalue weighted by atomic mass is 127. The van der Waals surface area contributed by atoms with E-state index in [1.54, 1.807) is 11.3 Å². The predicted molar refractivity (Wildman–Crippen MR) is 54.5 cm³/mol. The molecule has 1 heterocycles. The van der Waals surface area contributed by atoms with E-state index in [9.17, 15) is 0 Å². The second kappa shape index (κ2) is 2.99. The fraction of sp³-hybridized carbons (Fsp3) is 0.571. The van der Waals surface area contributed by atoms with Crippen molar-refractivity contribution < 1.29 is 0 Å². The predicted octanol–water partition coefficient (Wildman–Crippen LogP) is 2.16. The fourth-order valence-corrected chi connectivity index (χ4v) is 2.63. The summed E-state index contributed by atoms with van der Waals surface area (Å²) in [5.41, 5.74) is 5.96. The highest BCUT2D eigenvalue weighted by molar-refractivity contribution is 14.1. The van der Waals surface area contributed by atoms with E-state index in [4.69, 9.17) is 5.73 Å². The zero-order valence-corrected chi connectivity index (χ0v) is 8.93. The van der Waals surface area contributed by atoms with E-state index in [1.807, 2.05) is 6.20 Å². The van der Waals surface area contributed by atoms with Crippen LogP contribution in [0.1, 0.15) is 23.9 Å². The van der Waals surface area contributed by atoms with Crippen molar-refractivity contribution in [1.82, 2.24) is 4.98 Å². The number of rotatable bonds is 2. The van der Waals surface area contributed by atoms with Crippen LogP contribution in [0, 0.1) is 8.80 Å². The maximum atomic E-state index is 5.96. The fourth-order valence-electron chi connectivity index (χ4n) is 1.08. The minimum absolute atomic E-state index is 0.212. The molecular weight excluding hydrogens is 271 g/mol. The largest absolute Gasteiger partial charge is 0.322 e. The topological polar surface area (TPSA) is 38.9 Å². The molecule has 1 saturated carbocycles. The van der Waals surface area contributed by atoms with Crippen LogP contribution in [0.2, 0.25) is 0 Å². The third-order valence-corrected chi connectivity index (χ3v) is 3.74. The van der Waals surface area contributed by atoms with Crippen molar-refractivity contribution >= 4 is 33.9 Å². The molecule has 1 aromatic rings. The number of nitrogens with zero attached hydrogens (tertiary/aromatic N) is 1. The lowest BCUT2D eigenvalue weighted by Gasteiger charge is -2.03. The standard InChI is InChI=1S/C7H9IN2S/c8-5-3-10-7(11-5)6(9)4-1-2-4/h3-4,6H,1-2,9H2. The lowest BCUT2D eigenvalue weighted by atomic mass is 10.2. The van der Waals surface area contributed by atoms with E-state index in [-0.39, 0.29) is 6.04 Å². The monoisotopic (exact) mass is 280 g/mol. The first kappa shape index (κ1) is 7.94. The molecule has 4 heteroatoms. The quantitative estimate of drug-likeness (QED) is 0.843. The highest BCUT2D eigenvalue weighted by Gasteiger charge is 2.31. The van der Waals surface area contributed by atoms with Crippen molar-refractivity contribution in [2.75, 3.05) is 0 Å². The van der Waals surface area contributed by atoms with Gasteiger partial charge in [0.2, 0.25) is 0 Å². The second-order valence-electron chi connectivity index (χ2n) is 2.87. The van der Waals surface area contributed by atoms with E-state index in [0.29, 0.717) is 0 Å². The third kappa shape index (κ3) is 1.73. The molecule has 0 aromatic carbocycles. The van der Waals surface area contributed by atoms with Gasteiger partial charge in [-0.25, -0.2) is 4.98 Å². The Hall–Kier alpha value is 0.320. The van der Waals surface area contributed by atoms with Crippen LogP contribution in [0.4, 0.5) is 0 Å². The van der Waals surface area contributed by atoms with E-state index in [0.717, 1.165) is 10.9 Å². The smallest absolute Gasteiger partial charge is 0.111 e. The van der Waals surface area contributed by atoms with E-state index >= 15 is 0 Å². The molecule has 0 radical (unpaired) electrons. The van der Waals surface area contributed by atoms with Gasteiger partial charge in [0, 0.05) is 0 Å². The van der Waals surface area contributed by atoms with Gasteiger partial charge >= 0.3 is 0 Å². The molecule has 1 aliphatic carbocycles. The first-order chi connectivity index (χ1) is 5.27. The van der Waals surface area contributed by atoms with Gasteiger partial charge in [-0.05, 0) is 41.4 Å². The van der Waals surface area contributed by atoms with Gasteiger partial charge in [0.05, 0.1) is 15.1 Å². The van der Waals surface area contributed by atoms with Crippen LogP contribution in [0.5, 0.6) is 0 Å². The van der Waals surface area contributed by atoms with Gasteiger partial charge in [-0.15, -0.1) is 11.3 Å². The van der Waals surface area contributed by atoms with Crippen molar-refractivity contribution in [3.05, 3.63) is 14.1 Å². The van der Waals surface area contributed by atoms with Crippen molar-refractivity contribution in [2.45, 2.75) is 18.9 Å². The molecule has 0 saturated heterocycles. The summed E-state index contributed by atoms with van der Waals surface area (Å²) >= 11 is 3.99. The van der Waals surface area contributed by atoms with Crippen molar-refractivity contribution in [1.29, 1.82) is 0 Å². The van der Waals surface area contributed by atoms with Crippen LogP contribution in [-0.2, 0) is 0 Å². The van der Waals surface area contributed by atoms with Gasteiger partial charge in [-0.2, -0.15) is 0 Å². The summed E-state index contributed by atoms with van der Waals surface area (Å²) in [6, 6.07) is 0.212. The summed E-state index contributed by atoms with van der Waals surface area (Å²) in [5, 5.41) is 1.11. The Balaban J connectivity index is 2.14.